The number of nitrogens with zero attached hydrogens (tertiary/aromatic N) is 1. The Morgan fingerprint density at radius 3 is 2.53 bits per heavy atom. The van der Waals surface area contributed by atoms with Gasteiger partial charge in [0.05, 0.1) is 7.11 Å². The topological polar surface area (TPSA) is 82.6 Å². The number of likely N-dealkylation sites (N-methyl/N-ethyl adjacent to an activating group) is 1. The maximum atomic E-state index is 12.4. The van der Waals surface area contributed by atoms with E-state index in [0.717, 1.165) is 45.1 Å². The highest BCUT2D eigenvalue weighted by atomic mass is 32.1. The van der Waals surface area contributed by atoms with Crippen LogP contribution in [-0.2, 0) is 0 Å². The van der Waals surface area contributed by atoms with Gasteiger partial charge < -0.3 is 19.7 Å². The Labute approximate surface area is 190 Å². The molecular weight excluding hydrogens is 424 g/mol. The van der Waals surface area contributed by atoms with Crippen LogP contribution in [-0.4, -0.2) is 41.3 Å². The first kappa shape index (κ1) is 21.9. The van der Waals surface area contributed by atoms with Gasteiger partial charge in [-0.3, -0.25) is 4.79 Å². The van der Waals surface area contributed by atoms with Crippen molar-refractivity contribution in [1.82, 2.24) is 9.88 Å². The molecule has 0 aliphatic carbocycles. The predicted molar refractivity (Wildman–Crippen MR) is 130 cm³/mol. The van der Waals surface area contributed by atoms with Crippen LogP contribution >= 0.6 is 11.3 Å². The highest BCUT2D eigenvalue weighted by Gasteiger charge is 2.19. The van der Waals surface area contributed by atoms with Crippen molar-refractivity contribution in [2.24, 2.45) is 0 Å². The Bertz CT molecular complexity index is 1320. The van der Waals surface area contributed by atoms with Crippen LogP contribution in [0.5, 0.6) is 5.75 Å². The fourth-order valence-corrected chi connectivity index (χ4v) is 5.08. The van der Waals surface area contributed by atoms with Crippen LogP contribution in [0.4, 0.5) is 4.79 Å². The fourth-order valence-electron chi connectivity index (χ4n) is 4.29. The molecule has 7 heteroatoms. The molecule has 0 bridgehead atoms. The quantitative estimate of drug-likeness (QED) is 0.367. The van der Waals surface area contributed by atoms with Gasteiger partial charge in [0.15, 0.2) is 0 Å². The molecular formula is C25H26N2O4S. The Morgan fingerprint density at radius 2 is 1.91 bits per heavy atom. The number of thiophene rings is 1. The van der Waals surface area contributed by atoms with E-state index in [4.69, 9.17) is 4.74 Å². The number of pyridine rings is 1. The second-order valence-electron chi connectivity index (χ2n) is 7.73. The van der Waals surface area contributed by atoms with Crippen LogP contribution in [0.25, 0.3) is 32.1 Å². The summed E-state index contributed by atoms with van der Waals surface area (Å²) < 4.78 is 6.39. The van der Waals surface area contributed by atoms with Gasteiger partial charge in [0.2, 0.25) is 0 Å². The number of fused-ring (bicyclic) bond motifs is 3. The largest absolute Gasteiger partial charge is 0.496 e. The zero-order valence-electron chi connectivity index (χ0n) is 18.3. The minimum Gasteiger partial charge on any atom is -0.496 e. The van der Waals surface area contributed by atoms with Gasteiger partial charge in [-0.05, 0) is 48.1 Å². The van der Waals surface area contributed by atoms with E-state index in [1.165, 1.54) is 16.2 Å². The van der Waals surface area contributed by atoms with Crippen molar-refractivity contribution in [3.8, 4) is 16.9 Å². The van der Waals surface area contributed by atoms with E-state index in [0.29, 0.717) is 17.8 Å². The van der Waals surface area contributed by atoms with Crippen molar-refractivity contribution in [2.75, 3.05) is 20.2 Å². The first-order valence-electron chi connectivity index (χ1n) is 10.7. The molecule has 0 saturated carbocycles. The molecule has 166 valence electrons. The number of nitrogens with one attached hydrogen (secondary N) is 1. The number of amides is 1. The van der Waals surface area contributed by atoms with Gasteiger partial charge in [0, 0.05) is 40.9 Å². The maximum absolute atomic E-state index is 12.4. The van der Waals surface area contributed by atoms with Crippen molar-refractivity contribution in [2.45, 2.75) is 26.2 Å². The number of rotatable bonds is 7. The third kappa shape index (κ3) is 3.84. The standard InChI is InChI=1S/C25H26N2O4S/c1-4-15(14-27(5-2)25(29)30)16-6-8-17(9-7-16)21-20(31-3)11-10-19-22(21)18-12-13-32-23(18)24(28)26-19/h6-13,15H,4-5,14H2,1-3H3,(H,26,28)(H,29,30). The van der Waals surface area contributed by atoms with E-state index in [-0.39, 0.29) is 11.5 Å². The summed E-state index contributed by atoms with van der Waals surface area (Å²) in [6.07, 6.45) is -0.0471. The van der Waals surface area contributed by atoms with E-state index in [1.54, 1.807) is 7.11 Å². The van der Waals surface area contributed by atoms with Crippen molar-refractivity contribution in [3.63, 3.8) is 0 Å². The lowest BCUT2D eigenvalue weighted by atomic mass is 9.92. The second kappa shape index (κ2) is 9.04. The zero-order chi connectivity index (χ0) is 22.8. The van der Waals surface area contributed by atoms with Crippen molar-refractivity contribution >= 4 is 38.4 Å². The average molecular weight is 451 g/mol. The number of carboxylic acid groups (broad SMARTS) is 1. The van der Waals surface area contributed by atoms with Gasteiger partial charge in [-0.25, -0.2) is 4.79 Å². The number of benzene rings is 2. The third-order valence-electron chi connectivity index (χ3n) is 6.03. The molecule has 0 saturated heterocycles. The molecule has 4 rings (SSSR count). The molecule has 2 heterocycles. The van der Waals surface area contributed by atoms with Crippen LogP contribution in [0, 0.1) is 0 Å². The van der Waals surface area contributed by atoms with Gasteiger partial charge in [0.25, 0.3) is 5.56 Å². The van der Waals surface area contributed by atoms with Crippen LogP contribution in [0.15, 0.2) is 52.6 Å². The lowest BCUT2D eigenvalue weighted by molar-refractivity contribution is 0.144. The predicted octanol–water partition coefficient (Wildman–Crippen LogP) is 5.91. The minimum atomic E-state index is -0.892. The molecule has 2 N–H and O–H groups in total. The van der Waals surface area contributed by atoms with Gasteiger partial charge in [-0.2, -0.15) is 0 Å². The van der Waals surface area contributed by atoms with Gasteiger partial charge in [-0.15, -0.1) is 11.3 Å². The molecule has 4 aromatic rings. The summed E-state index contributed by atoms with van der Waals surface area (Å²) in [6.45, 7) is 4.86. The summed E-state index contributed by atoms with van der Waals surface area (Å²) in [5, 5.41) is 13.2. The molecule has 0 radical (unpaired) electrons. The fraction of sp³-hybridized carbons (Fsp3) is 0.280. The van der Waals surface area contributed by atoms with Crippen LogP contribution in [0.1, 0.15) is 31.7 Å². The van der Waals surface area contributed by atoms with E-state index in [2.05, 4.69) is 36.2 Å². The molecule has 1 atom stereocenters. The molecule has 2 aromatic heterocycles. The van der Waals surface area contributed by atoms with Crippen molar-refractivity contribution < 1.29 is 14.6 Å². The molecule has 32 heavy (non-hydrogen) atoms. The van der Waals surface area contributed by atoms with E-state index in [1.807, 2.05) is 30.5 Å². The molecule has 6 nitrogen and oxygen atoms in total. The van der Waals surface area contributed by atoms with Gasteiger partial charge in [0.1, 0.15) is 10.4 Å². The molecule has 1 amide bonds. The second-order valence-corrected chi connectivity index (χ2v) is 8.65. The number of carbonyl (C=O) groups is 1. The molecule has 0 spiro atoms. The highest BCUT2D eigenvalue weighted by Crippen LogP contribution is 2.40. The Kier molecular flexibility index (Phi) is 6.19. The van der Waals surface area contributed by atoms with Crippen molar-refractivity contribution in [1.29, 1.82) is 0 Å². The van der Waals surface area contributed by atoms with Crippen LogP contribution in [0.2, 0.25) is 0 Å². The van der Waals surface area contributed by atoms with E-state index in [9.17, 15) is 14.7 Å². The van der Waals surface area contributed by atoms with Crippen LogP contribution in [0.3, 0.4) is 0 Å². The summed E-state index contributed by atoms with van der Waals surface area (Å²) in [4.78, 5) is 28.3. The normalized spacial score (nSPS) is 12.2. The smallest absolute Gasteiger partial charge is 0.407 e. The molecule has 2 aromatic carbocycles. The maximum Gasteiger partial charge on any atom is 0.407 e. The lowest BCUT2D eigenvalue weighted by Gasteiger charge is -2.24. The number of methoxy groups -OCH3 is 1. The van der Waals surface area contributed by atoms with Gasteiger partial charge in [-0.1, -0.05) is 31.2 Å². The summed E-state index contributed by atoms with van der Waals surface area (Å²) in [5.74, 6) is 0.856. The monoisotopic (exact) mass is 450 g/mol. The average Bonchev–Trinajstić information content (AvgIpc) is 3.30. The summed E-state index contributed by atoms with van der Waals surface area (Å²) in [7, 11) is 1.65. The van der Waals surface area contributed by atoms with Crippen LogP contribution < -0.4 is 10.3 Å². The number of hydrogen-bond donors (Lipinski definition) is 2. The number of aromatic amines is 1. The van der Waals surface area contributed by atoms with Crippen molar-refractivity contribution in [3.05, 3.63) is 63.8 Å². The lowest BCUT2D eigenvalue weighted by Crippen LogP contribution is -2.33. The molecule has 0 aliphatic heterocycles. The Hall–Kier alpha value is -3.32. The number of aromatic nitrogens is 1. The van der Waals surface area contributed by atoms with E-state index < -0.39 is 6.09 Å². The Balaban J connectivity index is 1.82. The van der Waals surface area contributed by atoms with E-state index >= 15 is 0 Å². The zero-order valence-corrected chi connectivity index (χ0v) is 19.2. The summed E-state index contributed by atoms with van der Waals surface area (Å²) in [6, 6.07) is 14.0. The molecule has 0 aliphatic rings. The summed E-state index contributed by atoms with van der Waals surface area (Å²) in [5.41, 5.74) is 3.70. The SMILES string of the molecule is CCC(CN(CC)C(=O)O)c1ccc(-c2c(OC)ccc3[nH]c(=O)c4sccc4c23)cc1. The number of hydrogen-bond acceptors (Lipinski definition) is 4. The first-order chi connectivity index (χ1) is 15.5. The molecule has 0 fully saturated rings. The minimum absolute atomic E-state index is 0.0846. The third-order valence-corrected chi connectivity index (χ3v) is 6.95. The number of ether oxygens (including phenoxy) is 1. The summed E-state index contributed by atoms with van der Waals surface area (Å²) >= 11 is 1.43. The Morgan fingerprint density at radius 1 is 1.16 bits per heavy atom. The highest BCUT2D eigenvalue weighted by molar-refractivity contribution is 7.17. The number of H-pyrrole nitrogens is 1. The molecule has 1 unspecified atom stereocenters. The first-order valence-corrected chi connectivity index (χ1v) is 11.5. The van der Waals surface area contributed by atoms with Gasteiger partial charge >= 0.3 is 6.09 Å².